The van der Waals surface area contributed by atoms with Gasteiger partial charge in [-0.05, 0) is 41.5 Å². The Kier molecular flexibility index (Phi) is 5.22. The molecule has 24 heavy (non-hydrogen) atoms. The number of hydrogen-bond acceptors (Lipinski definition) is 5. The van der Waals surface area contributed by atoms with Gasteiger partial charge in [-0.2, -0.15) is 4.80 Å². The van der Waals surface area contributed by atoms with Gasteiger partial charge in [-0.15, -0.1) is 10.2 Å². The van der Waals surface area contributed by atoms with E-state index in [0.717, 1.165) is 11.1 Å². The number of ether oxygens (including phenoxy) is 1. The van der Waals surface area contributed by atoms with Crippen LogP contribution in [0.1, 0.15) is 17.0 Å². The minimum Gasteiger partial charge on any atom is -0.378 e. The molecule has 1 saturated heterocycles. The van der Waals surface area contributed by atoms with Crippen LogP contribution in [-0.4, -0.2) is 57.3 Å². The highest BCUT2D eigenvalue weighted by molar-refractivity contribution is 6.30. The number of halogens is 1. The van der Waals surface area contributed by atoms with Gasteiger partial charge in [-0.1, -0.05) is 17.7 Å². The van der Waals surface area contributed by atoms with Crippen LogP contribution in [0.3, 0.4) is 0 Å². The van der Waals surface area contributed by atoms with E-state index < -0.39 is 0 Å². The lowest BCUT2D eigenvalue weighted by molar-refractivity contribution is -0.129. The van der Waals surface area contributed by atoms with E-state index in [9.17, 15) is 4.79 Å². The van der Waals surface area contributed by atoms with Crippen LogP contribution in [0.4, 0.5) is 0 Å². The number of tetrazole rings is 1. The first kappa shape index (κ1) is 16.6. The molecular formula is C16H18ClN5O2. The summed E-state index contributed by atoms with van der Waals surface area (Å²) in [6, 6.07) is 5.52. The van der Waals surface area contributed by atoms with E-state index >= 15 is 0 Å². The number of benzene rings is 1. The fourth-order valence-corrected chi connectivity index (χ4v) is 2.66. The van der Waals surface area contributed by atoms with Crippen LogP contribution >= 0.6 is 11.6 Å². The maximum atomic E-state index is 12.2. The largest absolute Gasteiger partial charge is 0.378 e. The first-order valence-electron chi connectivity index (χ1n) is 7.69. The summed E-state index contributed by atoms with van der Waals surface area (Å²) < 4.78 is 5.26. The second-order valence-electron chi connectivity index (χ2n) is 5.48. The van der Waals surface area contributed by atoms with Gasteiger partial charge in [0.05, 0.1) is 19.8 Å². The topological polar surface area (TPSA) is 73.1 Å². The van der Waals surface area contributed by atoms with E-state index in [1.807, 2.05) is 12.1 Å². The molecule has 7 nitrogen and oxygen atoms in total. The minimum absolute atomic E-state index is 0.0195. The molecule has 1 fully saturated rings. The highest BCUT2D eigenvalue weighted by atomic mass is 35.5. The zero-order valence-corrected chi connectivity index (χ0v) is 14.1. The number of hydrogen-bond donors (Lipinski definition) is 0. The van der Waals surface area contributed by atoms with Gasteiger partial charge in [0.25, 0.3) is 0 Å². The highest BCUT2D eigenvalue weighted by Crippen LogP contribution is 2.18. The Balaban J connectivity index is 1.76. The molecule has 8 heteroatoms. The molecule has 1 aliphatic heterocycles. The molecule has 2 aromatic rings. The number of morpholine rings is 1. The number of aromatic nitrogens is 4. The Morgan fingerprint density at radius 1 is 1.38 bits per heavy atom. The predicted octanol–water partition coefficient (Wildman–Crippen LogP) is 1.56. The van der Waals surface area contributed by atoms with Crippen molar-refractivity contribution in [3.8, 4) is 0 Å². The third-order valence-corrected chi connectivity index (χ3v) is 3.93. The Labute approximate surface area is 144 Å². The summed E-state index contributed by atoms with van der Waals surface area (Å²) in [4.78, 5) is 15.5. The zero-order valence-electron chi connectivity index (χ0n) is 13.4. The van der Waals surface area contributed by atoms with Crippen LogP contribution in [0.15, 0.2) is 24.3 Å². The molecule has 0 aliphatic carbocycles. The van der Waals surface area contributed by atoms with Crippen LogP contribution in [0.5, 0.6) is 0 Å². The number of rotatable bonds is 4. The standard InChI is InChI=1S/C16H18ClN5O2/c1-12-18-20-22(19-12)11-14-10-15(17)4-2-13(14)3-5-16(23)21-6-8-24-9-7-21/h2-5,10H,6-9,11H2,1H3. The Hall–Kier alpha value is -2.25. The predicted molar refractivity (Wildman–Crippen MR) is 89.5 cm³/mol. The average Bonchev–Trinajstić information content (AvgIpc) is 2.99. The van der Waals surface area contributed by atoms with Crippen molar-refractivity contribution in [3.63, 3.8) is 0 Å². The van der Waals surface area contributed by atoms with Crippen molar-refractivity contribution in [2.45, 2.75) is 13.5 Å². The third-order valence-electron chi connectivity index (χ3n) is 3.70. The molecule has 0 unspecified atom stereocenters. The van der Waals surface area contributed by atoms with Crippen LogP contribution in [0.25, 0.3) is 6.08 Å². The molecule has 1 amide bonds. The zero-order chi connectivity index (χ0) is 16.9. The Morgan fingerprint density at radius 3 is 2.88 bits per heavy atom. The number of amides is 1. The quantitative estimate of drug-likeness (QED) is 0.785. The molecule has 2 heterocycles. The summed E-state index contributed by atoms with van der Waals surface area (Å²) in [5.41, 5.74) is 1.82. The number of carbonyl (C=O) groups excluding carboxylic acids is 1. The molecule has 126 valence electrons. The minimum atomic E-state index is -0.0195. The van der Waals surface area contributed by atoms with E-state index in [4.69, 9.17) is 16.3 Å². The molecule has 0 N–H and O–H groups in total. The molecular weight excluding hydrogens is 330 g/mol. The van der Waals surface area contributed by atoms with Crippen LogP contribution in [0.2, 0.25) is 5.02 Å². The molecule has 1 aromatic heterocycles. The summed E-state index contributed by atoms with van der Waals surface area (Å²) in [6.45, 7) is 4.64. The summed E-state index contributed by atoms with van der Waals surface area (Å²) in [7, 11) is 0. The van der Waals surface area contributed by atoms with Crippen molar-refractivity contribution in [2.75, 3.05) is 26.3 Å². The number of aryl methyl sites for hydroxylation is 1. The van der Waals surface area contributed by atoms with Gasteiger partial charge in [0, 0.05) is 24.2 Å². The number of carbonyl (C=O) groups is 1. The lowest BCUT2D eigenvalue weighted by atomic mass is 10.1. The molecule has 3 rings (SSSR count). The van der Waals surface area contributed by atoms with Gasteiger partial charge in [0.15, 0.2) is 5.82 Å². The Bertz CT molecular complexity index is 753. The van der Waals surface area contributed by atoms with Gasteiger partial charge in [-0.25, -0.2) is 0 Å². The second kappa shape index (κ2) is 7.55. The molecule has 0 atom stereocenters. The monoisotopic (exact) mass is 347 g/mol. The van der Waals surface area contributed by atoms with Crippen LogP contribution < -0.4 is 0 Å². The van der Waals surface area contributed by atoms with E-state index in [2.05, 4.69) is 15.4 Å². The van der Waals surface area contributed by atoms with Crippen molar-refractivity contribution in [1.82, 2.24) is 25.1 Å². The molecule has 0 bridgehead atoms. The van der Waals surface area contributed by atoms with Gasteiger partial charge in [0.2, 0.25) is 5.91 Å². The fourth-order valence-electron chi connectivity index (χ4n) is 2.47. The SMILES string of the molecule is Cc1nnn(Cc2cc(Cl)ccc2C=CC(=O)N2CCOCC2)n1. The first-order chi connectivity index (χ1) is 11.6. The van der Waals surface area contributed by atoms with Gasteiger partial charge in [0.1, 0.15) is 0 Å². The van der Waals surface area contributed by atoms with Crippen LogP contribution in [-0.2, 0) is 16.1 Å². The average molecular weight is 348 g/mol. The second-order valence-corrected chi connectivity index (χ2v) is 5.92. The van der Waals surface area contributed by atoms with E-state index in [-0.39, 0.29) is 5.91 Å². The van der Waals surface area contributed by atoms with Gasteiger partial charge >= 0.3 is 0 Å². The van der Waals surface area contributed by atoms with E-state index in [1.165, 1.54) is 4.80 Å². The molecule has 1 aromatic carbocycles. The van der Waals surface area contributed by atoms with Crippen molar-refractivity contribution >= 4 is 23.6 Å². The van der Waals surface area contributed by atoms with Crippen molar-refractivity contribution < 1.29 is 9.53 Å². The molecule has 0 radical (unpaired) electrons. The molecule has 1 aliphatic rings. The van der Waals surface area contributed by atoms with E-state index in [1.54, 1.807) is 30.0 Å². The maximum Gasteiger partial charge on any atom is 0.246 e. The van der Waals surface area contributed by atoms with Gasteiger partial charge in [-0.3, -0.25) is 4.79 Å². The smallest absolute Gasteiger partial charge is 0.246 e. The summed E-state index contributed by atoms with van der Waals surface area (Å²) in [5, 5.41) is 12.6. The van der Waals surface area contributed by atoms with Gasteiger partial charge < -0.3 is 9.64 Å². The lowest BCUT2D eigenvalue weighted by Crippen LogP contribution is -2.39. The highest BCUT2D eigenvalue weighted by Gasteiger charge is 2.14. The van der Waals surface area contributed by atoms with Crippen molar-refractivity contribution in [2.24, 2.45) is 0 Å². The normalized spacial score (nSPS) is 15.2. The summed E-state index contributed by atoms with van der Waals surface area (Å²) >= 11 is 6.09. The van der Waals surface area contributed by atoms with Crippen molar-refractivity contribution in [3.05, 3.63) is 46.2 Å². The summed E-state index contributed by atoms with van der Waals surface area (Å²) in [6.07, 6.45) is 3.38. The fraction of sp³-hybridized carbons (Fsp3) is 0.375. The maximum absolute atomic E-state index is 12.2. The third kappa shape index (κ3) is 4.18. The van der Waals surface area contributed by atoms with E-state index in [0.29, 0.717) is 43.7 Å². The lowest BCUT2D eigenvalue weighted by Gasteiger charge is -2.25. The number of nitrogens with zero attached hydrogens (tertiary/aromatic N) is 5. The summed E-state index contributed by atoms with van der Waals surface area (Å²) in [5.74, 6) is 0.588. The molecule has 0 spiro atoms. The first-order valence-corrected chi connectivity index (χ1v) is 8.07. The van der Waals surface area contributed by atoms with Crippen LogP contribution in [0, 0.1) is 6.92 Å². The Morgan fingerprint density at radius 2 is 2.17 bits per heavy atom. The van der Waals surface area contributed by atoms with Crippen molar-refractivity contribution in [1.29, 1.82) is 0 Å². The molecule has 0 saturated carbocycles.